The number of hydrogen-bond acceptors (Lipinski definition) is 6. The first-order valence-electron chi connectivity index (χ1n) is 11.1. The zero-order valence-corrected chi connectivity index (χ0v) is 18.7. The fourth-order valence-corrected chi connectivity index (χ4v) is 4.14. The van der Waals surface area contributed by atoms with Crippen LogP contribution in [0.25, 0.3) is 55.8 Å². The van der Waals surface area contributed by atoms with Crippen LogP contribution in [-0.4, -0.2) is 41.2 Å². The molecule has 6 rings (SSSR count). The summed E-state index contributed by atoms with van der Waals surface area (Å²) < 4.78 is 0. The van der Waals surface area contributed by atoms with Crippen LogP contribution in [0.15, 0.2) is 73.4 Å². The summed E-state index contributed by atoms with van der Waals surface area (Å²) in [6.45, 7) is 4.20. The highest BCUT2D eigenvalue weighted by molar-refractivity contribution is 5.99. The van der Waals surface area contributed by atoms with Crippen molar-refractivity contribution >= 4 is 27.6 Å². The summed E-state index contributed by atoms with van der Waals surface area (Å²) in [5.41, 5.74) is 8.78. The second-order valence-corrected chi connectivity index (χ2v) is 8.47. The van der Waals surface area contributed by atoms with Gasteiger partial charge in [0.25, 0.3) is 0 Å². The van der Waals surface area contributed by atoms with E-state index >= 15 is 0 Å². The van der Waals surface area contributed by atoms with Gasteiger partial charge in [0.2, 0.25) is 0 Å². The lowest BCUT2D eigenvalue weighted by Gasteiger charge is -2.10. The van der Waals surface area contributed by atoms with E-state index in [1.54, 1.807) is 6.20 Å². The number of nitrogens with zero attached hydrogens (tertiary/aromatic N) is 5. The van der Waals surface area contributed by atoms with Crippen molar-refractivity contribution in [2.45, 2.75) is 19.9 Å². The molecule has 0 spiro atoms. The minimum atomic E-state index is 0.320. The lowest BCUT2D eigenvalue weighted by Crippen LogP contribution is -2.09. The van der Waals surface area contributed by atoms with E-state index in [0.717, 1.165) is 61.5 Å². The van der Waals surface area contributed by atoms with Gasteiger partial charge in [-0.2, -0.15) is 5.10 Å². The Morgan fingerprint density at radius 3 is 2.65 bits per heavy atom. The Hall–Kier alpha value is -4.59. The lowest BCUT2D eigenvalue weighted by molar-refractivity contribution is 0.898. The van der Waals surface area contributed by atoms with E-state index < -0.39 is 0 Å². The Bertz CT molecular complexity index is 1610. The van der Waals surface area contributed by atoms with Gasteiger partial charge in [0.15, 0.2) is 0 Å². The van der Waals surface area contributed by atoms with E-state index in [1.165, 1.54) is 0 Å². The molecular formula is C26H22N8. The summed E-state index contributed by atoms with van der Waals surface area (Å²) in [6, 6.07) is 14.3. The molecule has 0 saturated heterocycles. The predicted molar refractivity (Wildman–Crippen MR) is 134 cm³/mol. The molecule has 6 heterocycles. The van der Waals surface area contributed by atoms with Gasteiger partial charge in [-0.3, -0.25) is 20.1 Å². The summed E-state index contributed by atoms with van der Waals surface area (Å²) in [4.78, 5) is 21.7. The third kappa shape index (κ3) is 3.55. The van der Waals surface area contributed by atoms with Crippen LogP contribution in [0.3, 0.4) is 0 Å². The summed E-state index contributed by atoms with van der Waals surface area (Å²) in [6.07, 6.45) is 9.09. The molecule has 6 aromatic heterocycles. The summed E-state index contributed by atoms with van der Waals surface area (Å²) in [5.74, 6) is 0. The molecule has 0 aromatic carbocycles. The molecule has 0 amide bonds. The highest BCUT2D eigenvalue weighted by atomic mass is 15.1. The zero-order chi connectivity index (χ0) is 23.1. The average molecular weight is 447 g/mol. The maximum Gasteiger partial charge on any atom is 0.135 e. The molecule has 6 aromatic rings. The van der Waals surface area contributed by atoms with Crippen LogP contribution in [0.1, 0.15) is 13.8 Å². The van der Waals surface area contributed by atoms with Crippen molar-refractivity contribution < 1.29 is 0 Å². The molecule has 0 saturated carbocycles. The van der Waals surface area contributed by atoms with E-state index in [4.69, 9.17) is 4.98 Å². The van der Waals surface area contributed by atoms with Crippen LogP contribution < -0.4 is 5.32 Å². The third-order valence-corrected chi connectivity index (χ3v) is 5.64. The molecule has 0 fully saturated rings. The average Bonchev–Trinajstić information content (AvgIpc) is 3.48. The molecular weight excluding hydrogens is 424 g/mol. The Balaban J connectivity index is 1.45. The van der Waals surface area contributed by atoms with E-state index in [0.29, 0.717) is 6.04 Å². The SMILES string of the molecule is CC(C)Nc1cncc(-c2ccc3[nH]nc(-c4cc5c(-c6ccccn6)cncc5[nH]4)c3n2)c1. The number of aromatic amines is 2. The summed E-state index contributed by atoms with van der Waals surface area (Å²) >= 11 is 0. The molecule has 0 aliphatic rings. The van der Waals surface area contributed by atoms with Crippen molar-refractivity contribution in [1.29, 1.82) is 0 Å². The Morgan fingerprint density at radius 2 is 1.79 bits per heavy atom. The molecule has 34 heavy (non-hydrogen) atoms. The maximum absolute atomic E-state index is 4.94. The molecule has 0 aliphatic heterocycles. The lowest BCUT2D eigenvalue weighted by atomic mass is 10.1. The number of hydrogen-bond donors (Lipinski definition) is 3. The molecule has 0 bridgehead atoms. The van der Waals surface area contributed by atoms with Gasteiger partial charge in [-0.15, -0.1) is 0 Å². The second-order valence-electron chi connectivity index (χ2n) is 8.47. The molecule has 0 radical (unpaired) electrons. The van der Waals surface area contributed by atoms with Crippen molar-refractivity contribution in [3.8, 4) is 33.9 Å². The van der Waals surface area contributed by atoms with Gasteiger partial charge in [-0.25, -0.2) is 4.98 Å². The fourth-order valence-electron chi connectivity index (χ4n) is 4.14. The summed E-state index contributed by atoms with van der Waals surface area (Å²) in [7, 11) is 0. The molecule has 0 unspecified atom stereocenters. The fraction of sp³-hybridized carbons (Fsp3) is 0.115. The normalized spacial score (nSPS) is 11.5. The molecule has 3 N–H and O–H groups in total. The first kappa shape index (κ1) is 20.0. The van der Waals surface area contributed by atoms with E-state index in [2.05, 4.69) is 61.4 Å². The topological polar surface area (TPSA) is 108 Å². The Labute approximate surface area is 195 Å². The standard InChI is InChI=1S/C26H22N8/c1-15(2)30-17-9-16(11-27-12-17)20-6-7-22-25(32-20)26(34-33-22)23-10-18-19(13-28-14-24(18)31-23)21-5-3-4-8-29-21/h3-15,30-31H,1-2H3,(H,33,34). The van der Waals surface area contributed by atoms with Gasteiger partial charge in [0, 0.05) is 47.3 Å². The van der Waals surface area contributed by atoms with Crippen molar-refractivity contribution in [2.24, 2.45) is 0 Å². The third-order valence-electron chi connectivity index (χ3n) is 5.64. The number of H-pyrrole nitrogens is 2. The largest absolute Gasteiger partial charge is 0.382 e. The minimum absolute atomic E-state index is 0.320. The second kappa shape index (κ2) is 8.08. The van der Waals surface area contributed by atoms with Crippen molar-refractivity contribution in [2.75, 3.05) is 5.32 Å². The van der Waals surface area contributed by atoms with Crippen LogP contribution in [0, 0.1) is 0 Å². The van der Waals surface area contributed by atoms with Crippen LogP contribution in [0.4, 0.5) is 5.69 Å². The van der Waals surface area contributed by atoms with Gasteiger partial charge >= 0.3 is 0 Å². The van der Waals surface area contributed by atoms with Crippen LogP contribution in [-0.2, 0) is 0 Å². The Kier molecular flexibility index (Phi) is 4.76. The summed E-state index contributed by atoms with van der Waals surface area (Å²) in [5, 5.41) is 12.1. The molecule has 0 aliphatic carbocycles. The van der Waals surface area contributed by atoms with Crippen molar-refractivity contribution in [1.82, 2.24) is 35.1 Å². The van der Waals surface area contributed by atoms with E-state index in [-0.39, 0.29) is 0 Å². The number of aromatic nitrogens is 7. The van der Waals surface area contributed by atoms with Crippen LogP contribution >= 0.6 is 0 Å². The number of anilines is 1. The Morgan fingerprint density at radius 1 is 0.882 bits per heavy atom. The number of fused-ring (bicyclic) bond motifs is 2. The van der Waals surface area contributed by atoms with Crippen LogP contribution in [0.5, 0.6) is 0 Å². The molecule has 8 nitrogen and oxygen atoms in total. The number of nitrogens with one attached hydrogen (secondary N) is 3. The smallest absolute Gasteiger partial charge is 0.135 e. The highest BCUT2D eigenvalue weighted by Gasteiger charge is 2.16. The minimum Gasteiger partial charge on any atom is -0.382 e. The van der Waals surface area contributed by atoms with Gasteiger partial charge in [0.05, 0.1) is 40.0 Å². The number of rotatable bonds is 5. The van der Waals surface area contributed by atoms with E-state index in [1.807, 2.05) is 55.1 Å². The molecule has 8 heteroatoms. The number of pyridine rings is 4. The first-order valence-corrected chi connectivity index (χ1v) is 11.1. The maximum atomic E-state index is 4.94. The zero-order valence-electron chi connectivity index (χ0n) is 18.7. The quantitative estimate of drug-likeness (QED) is 0.325. The molecule has 0 atom stereocenters. The van der Waals surface area contributed by atoms with Gasteiger partial charge in [-0.05, 0) is 50.2 Å². The van der Waals surface area contributed by atoms with Crippen molar-refractivity contribution in [3.63, 3.8) is 0 Å². The van der Waals surface area contributed by atoms with E-state index in [9.17, 15) is 0 Å². The first-order chi connectivity index (χ1) is 16.7. The predicted octanol–water partition coefficient (Wildman–Crippen LogP) is 5.45. The van der Waals surface area contributed by atoms with Gasteiger partial charge in [-0.1, -0.05) is 6.07 Å². The molecule has 166 valence electrons. The van der Waals surface area contributed by atoms with Crippen LogP contribution in [0.2, 0.25) is 0 Å². The highest BCUT2D eigenvalue weighted by Crippen LogP contribution is 2.33. The van der Waals surface area contributed by atoms with Gasteiger partial charge in [0.1, 0.15) is 11.2 Å². The van der Waals surface area contributed by atoms with Gasteiger partial charge < -0.3 is 10.3 Å². The van der Waals surface area contributed by atoms with Crippen molar-refractivity contribution in [3.05, 3.63) is 73.4 Å². The monoisotopic (exact) mass is 446 g/mol.